The van der Waals surface area contributed by atoms with Gasteiger partial charge in [0.25, 0.3) is 5.91 Å². The van der Waals surface area contributed by atoms with Crippen LogP contribution in [0.1, 0.15) is 16.2 Å². The molecule has 9 heteroatoms. The van der Waals surface area contributed by atoms with E-state index in [0.29, 0.717) is 16.7 Å². The third-order valence-corrected chi connectivity index (χ3v) is 5.38. The number of rotatable bonds is 6. The molecule has 2 N–H and O–H groups in total. The Hall–Kier alpha value is -3.98. The van der Waals surface area contributed by atoms with Gasteiger partial charge in [0.1, 0.15) is 5.69 Å². The Morgan fingerprint density at radius 1 is 0.875 bits per heavy atom. The van der Waals surface area contributed by atoms with Crippen LogP contribution < -0.4 is 10.9 Å². The van der Waals surface area contributed by atoms with Gasteiger partial charge in [-0.2, -0.15) is 0 Å². The van der Waals surface area contributed by atoms with E-state index >= 15 is 0 Å². The lowest BCUT2D eigenvalue weighted by Gasteiger charge is -2.10. The van der Waals surface area contributed by atoms with Gasteiger partial charge in [-0.05, 0) is 31.2 Å². The van der Waals surface area contributed by atoms with Crippen molar-refractivity contribution < 1.29 is 9.59 Å². The van der Waals surface area contributed by atoms with Crippen molar-refractivity contribution in [1.29, 1.82) is 0 Å². The highest BCUT2D eigenvalue weighted by atomic mass is 32.2. The highest BCUT2D eigenvalue weighted by molar-refractivity contribution is 7.99. The highest BCUT2D eigenvalue weighted by Crippen LogP contribution is 2.27. The standard InChI is InChI=1S/C23H20N6O2S/c1-16-9-8-14-19(24-16)22(31)27-25-20(30)15-32-23-28-26-21(17-10-4-2-5-11-17)29(23)18-12-6-3-7-13-18/h2-14H,15H2,1H3,(H,25,30)(H,27,31). The summed E-state index contributed by atoms with van der Waals surface area (Å²) in [6.45, 7) is 1.79. The van der Waals surface area contributed by atoms with Crippen LogP contribution in [0.3, 0.4) is 0 Å². The average Bonchev–Trinajstić information content (AvgIpc) is 3.26. The Labute approximate surface area is 189 Å². The van der Waals surface area contributed by atoms with Crippen molar-refractivity contribution in [3.8, 4) is 17.1 Å². The SMILES string of the molecule is Cc1cccc(C(=O)NNC(=O)CSc2nnc(-c3ccccc3)n2-c2ccccc2)n1. The molecule has 0 bridgehead atoms. The van der Waals surface area contributed by atoms with Crippen molar-refractivity contribution in [2.75, 3.05) is 5.75 Å². The lowest BCUT2D eigenvalue weighted by atomic mass is 10.2. The number of hydrazine groups is 1. The molecule has 32 heavy (non-hydrogen) atoms. The number of aryl methyl sites for hydroxylation is 1. The summed E-state index contributed by atoms with van der Waals surface area (Å²) >= 11 is 1.23. The molecule has 0 aliphatic carbocycles. The van der Waals surface area contributed by atoms with E-state index in [-0.39, 0.29) is 17.4 Å². The number of carbonyl (C=O) groups excluding carboxylic acids is 2. The molecule has 8 nitrogen and oxygen atoms in total. The first-order valence-corrected chi connectivity index (χ1v) is 10.8. The largest absolute Gasteiger partial charge is 0.288 e. The average molecular weight is 445 g/mol. The lowest BCUT2D eigenvalue weighted by Crippen LogP contribution is -2.42. The molecule has 0 saturated heterocycles. The number of amides is 2. The predicted octanol–water partition coefficient (Wildman–Crippen LogP) is 3.19. The number of hydrogen-bond donors (Lipinski definition) is 2. The summed E-state index contributed by atoms with van der Waals surface area (Å²) in [6, 6.07) is 24.5. The number of nitrogens with zero attached hydrogens (tertiary/aromatic N) is 4. The van der Waals surface area contributed by atoms with Gasteiger partial charge in [-0.3, -0.25) is 25.0 Å². The van der Waals surface area contributed by atoms with E-state index in [1.54, 1.807) is 25.1 Å². The van der Waals surface area contributed by atoms with E-state index in [2.05, 4.69) is 26.0 Å². The number of nitrogens with one attached hydrogen (secondary N) is 2. The third-order valence-electron chi connectivity index (χ3n) is 4.45. The number of hydrogen-bond acceptors (Lipinski definition) is 6. The lowest BCUT2D eigenvalue weighted by molar-refractivity contribution is -0.119. The number of carbonyl (C=O) groups is 2. The molecule has 0 aliphatic rings. The van der Waals surface area contributed by atoms with E-state index in [1.807, 2.05) is 65.2 Å². The summed E-state index contributed by atoms with van der Waals surface area (Å²) < 4.78 is 1.91. The van der Waals surface area contributed by atoms with E-state index in [1.165, 1.54) is 11.8 Å². The molecule has 2 amide bonds. The molecule has 2 aromatic heterocycles. The van der Waals surface area contributed by atoms with Gasteiger partial charge in [-0.25, -0.2) is 4.98 Å². The molecule has 0 atom stereocenters. The molecule has 0 unspecified atom stereocenters. The molecule has 160 valence electrons. The van der Waals surface area contributed by atoms with Gasteiger partial charge in [0.05, 0.1) is 5.75 Å². The number of pyridine rings is 1. The smallest absolute Gasteiger partial charge is 0.272 e. The Kier molecular flexibility index (Phi) is 6.57. The van der Waals surface area contributed by atoms with Crippen LogP contribution in [0.15, 0.2) is 84.0 Å². The fraction of sp³-hybridized carbons (Fsp3) is 0.0870. The second kappa shape index (κ2) is 9.88. The monoisotopic (exact) mass is 444 g/mol. The minimum atomic E-state index is -0.481. The number of benzene rings is 2. The van der Waals surface area contributed by atoms with Crippen molar-refractivity contribution in [1.82, 2.24) is 30.6 Å². The van der Waals surface area contributed by atoms with Crippen LogP contribution in [-0.2, 0) is 4.79 Å². The van der Waals surface area contributed by atoms with E-state index in [0.717, 1.165) is 11.3 Å². The highest BCUT2D eigenvalue weighted by Gasteiger charge is 2.17. The zero-order chi connectivity index (χ0) is 22.3. The number of aromatic nitrogens is 4. The van der Waals surface area contributed by atoms with Crippen LogP contribution in [0.4, 0.5) is 0 Å². The topological polar surface area (TPSA) is 102 Å². The maximum atomic E-state index is 12.3. The maximum Gasteiger partial charge on any atom is 0.288 e. The number of para-hydroxylation sites is 1. The van der Waals surface area contributed by atoms with Gasteiger partial charge in [0, 0.05) is 16.9 Å². The Bertz CT molecular complexity index is 1230. The van der Waals surface area contributed by atoms with Crippen molar-refractivity contribution in [3.63, 3.8) is 0 Å². The maximum absolute atomic E-state index is 12.3. The normalized spacial score (nSPS) is 10.5. The van der Waals surface area contributed by atoms with Gasteiger partial charge >= 0.3 is 0 Å². The summed E-state index contributed by atoms with van der Waals surface area (Å²) in [5.41, 5.74) is 7.54. The fourth-order valence-corrected chi connectivity index (χ4v) is 3.73. The van der Waals surface area contributed by atoms with E-state index < -0.39 is 5.91 Å². The van der Waals surface area contributed by atoms with Gasteiger partial charge in [-0.15, -0.1) is 10.2 Å². The minimum Gasteiger partial charge on any atom is -0.272 e. The van der Waals surface area contributed by atoms with E-state index in [9.17, 15) is 9.59 Å². The molecule has 4 aromatic rings. The van der Waals surface area contributed by atoms with Crippen LogP contribution in [0, 0.1) is 6.92 Å². The first kappa shape index (κ1) is 21.3. The van der Waals surface area contributed by atoms with Crippen molar-refractivity contribution in [3.05, 3.63) is 90.3 Å². The zero-order valence-electron chi connectivity index (χ0n) is 17.2. The molecule has 0 spiro atoms. The summed E-state index contributed by atoms with van der Waals surface area (Å²) in [6.07, 6.45) is 0. The second-order valence-electron chi connectivity index (χ2n) is 6.80. The van der Waals surface area contributed by atoms with E-state index in [4.69, 9.17) is 0 Å². The summed E-state index contributed by atoms with van der Waals surface area (Å²) in [4.78, 5) is 28.6. The molecule has 0 aliphatic heterocycles. The molecule has 4 rings (SSSR count). The Morgan fingerprint density at radius 3 is 2.31 bits per heavy atom. The van der Waals surface area contributed by atoms with Crippen molar-refractivity contribution in [2.24, 2.45) is 0 Å². The van der Waals surface area contributed by atoms with Crippen molar-refractivity contribution in [2.45, 2.75) is 12.1 Å². The molecular formula is C23H20N6O2S. The molecule has 0 radical (unpaired) electrons. The van der Waals surface area contributed by atoms with Gasteiger partial charge in [-0.1, -0.05) is 66.4 Å². The summed E-state index contributed by atoms with van der Waals surface area (Å²) in [5.74, 6) is -0.134. The minimum absolute atomic E-state index is 0.0429. The third kappa shape index (κ3) is 5.01. The second-order valence-corrected chi connectivity index (χ2v) is 7.74. The molecule has 2 aromatic carbocycles. The summed E-state index contributed by atoms with van der Waals surface area (Å²) in [7, 11) is 0. The van der Waals surface area contributed by atoms with Crippen LogP contribution in [-0.4, -0.2) is 37.3 Å². The first-order valence-electron chi connectivity index (χ1n) is 9.84. The quantitative estimate of drug-likeness (QED) is 0.350. The summed E-state index contributed by atoms with van der Waals surface area (Å²) in [5, 5.41) is 9.20. The van der Waals surface area contributed by atoms with Crippen molar-refractivity contribution >= 4 is 23.6 Å². The van der Waals surface area contributed by atoms with Crippen LogP contribution in [0.2, 0.25) is 0 Å². The Morgan fingerprint density at radius 2 is 1.59 bits per heavy atom. The molecular weight excluding hydrogens is 424 g/mol. The fourth-order valence-electron chi connectivity index (χ4n) is 2.97. The van der Waals surface area contributed by atoms with Gasteiger partial charge in [0.2, 0.25) is 5.91 Å². The van der Waals surface area contributed by atoms with Gasteiger partial charge < -0.3 is 0 Å². The van der Waals surface area contributed by atoms with Gasteiger partial charge in [0.15, 0.2) is 11.0 Å². The zero-order valence-corrected chi connectivity index (χ0v) is 18.0. The molecule has 0 saturated carbocycles. The Balaban J connectivity index is 1.46. The molecule has 0 fully saturated rings. The first-order chi connectivity index (χ1) is 15.6. The van der Waals surface area contributed by atoms with Crippen LogP contribution >= 0.6 is 11.8 Å². The molecule has 2 heterocycles. The van der Waals surface area contributed by atoms with Crippen LogP contribution in [0.5, 0.6) is 0 Å². The number of thioether (sulfide) groups is 1. The predicted molar refractivity (Wildman–Crippen MR) is 122 cm³/mol. The van der Waals surface area contributed by atoms with Crippen LogP contribution in [0.25, 0.3) is 17.1 Å².